The highest BCUT2D eigenvalue weighted by molar-refractivity contribution is 7.16. The molecule has 0 bridgehead atoms. The standard InChI is InChI=1S/C15H18ClNOS/c1-11(17-10-14-7-8-15(16)19-14)9-12-3-5-13(18-2)6-4-12/h3-8,11,17H,9-10H2,1-2H3. The molecule has 1 aromatic carbocycles. The minimum Gasteiger partial charge on any atom is -0.497 e. The molecule has 1 atom stereocenters. The normalized spacial score (nSPS) is 12.4. The molecule has 1 aromatic heterocycles. The summed E-state index contributed by atoms with van der Waals surface area (Å²) in [5, 5.41) is 3.51. The lowest BCUT2D eigenvalue weighted by molar-refractivity contribution is 0.414. The van der Waals surface area contributed by atoms with E-state index >= 15 is 0 Å². The Bertz CT molecular complexity index is 509. The van der Waals surface area contributed by atoms with Crippen molar-refractivity contribution < 1.29 is 4.74 Å². The summed E-state index contributed by atoms with van der Waals surface area (Å²) in [6.45, 7) is 3.06. The lowest BCUT2D eigenvalue weighted by atomic mass is 10.1. The van der Waals surface area contributed by atoms with Crippen molar-refractivity contribution in [3.63, 3.8) is 0 Å². The average molecular weight is 296 g/mol. The van der Waals surface area contributed by atoms with Gasteiger partial charge >= 0.3 is 0 Å². The third-order valence-corrected chi connectivity index (χ3v) is 4.19. The Morgan fingerprint density at radius 1 is 1.21 bits per heavy atom. The number of ether oxygens (including phenoxy) is 1. The van der Waals surface area contributed by atoms with E-state index in [0.717, 1.165) is 23.1 Å². The van der Waals surface area contributed by atoms with E-state index in [2.05, 4.69) is 30.4 Å². The second-order valence-corrected chi connectivity index (χ2v) is 6.34. The van der Waals surface area contributed by atoms with E-state index in [4.69, 9.17) is 16.3 Å². The van der Waals surface area contributed by atoms with Crippen LogP contribution in [-0.4, -0.2) is 13.2 Å². The van der Waals surface area contributed by atoms with Crippen molar-refractivity contribution >= 4 is 22.9 Å². The van der Waals surface area contributed by atoms with E-state index < -0.39 is 0 Å². The minimum absolute atomic E-state index is 0.425. The van der Waals surface area contributed by atoms with E-state index in [9.17, 15) is 0 Å². The monoisotopic (exact) mass is 295 g/mol. The molecule has 1 heterocycles. The van der Waals surface area contributed by atoms with Crippen LogP contribution in [0.15, 0.2) is 36.4 Å². The van der Waals surface area contributed by atoms with Gasteiger partial charge in [-0.05, 0) is 43.2 Å². The first-order chi connectivity index (χ1) is 9.17. The molecule has 0 aliphatic carbocycles. The summed E-state index contributed by atoms with van der Waals surface area (Å²) in [5.41, 5.74) is 1.31. The van der Waals surface area contributed by atoms with E-state index in [1.165, 1.54) is 10.4 Å². The number of benzene rings is 1. The van der Waals surface area contributed by atoms with Gasteiger partial charge in [-0.15, -0.1) is 11.3 Å². The molecule has 19 heavy (non-hydrogen) atoms. The number of methoxy groups -OCH3 is 1. The Morgan fingerprint density at radius 3 is 2.53 bits per heavy atom. The van der Waals surface area contributed by atoms with E-state index in [1.807, 2.05) is 18.2 Å². The minimum atomic E-state index is 0.425. The molecule has 0 amide bonds. The summed E-state index contributed by atoms with van der Waals surface area (Å²) in [6.07, 6.45) is 1.00. The summed E-state index contributed by atoms with van der Waals surface area (Å²) in [7, 11) is 1.69. The summed E-state index contributed by atoms with van der Waals surface area (Å²) in [4.78, 5) is 1.27. The molecular weight excluding hydrogens is 278 g/mol. The van der Waals surface area contributed by atoms with Gasteiger partial charge in [0.15, 0.2) is 0 Å². The third kappa shape index (κ3) is 4.53. The van der Waals surface area contributed by atoms with Crippen molar-refractivity contribution in [3.05, 3.63) is 51.2 Å². The van der Waals surface area contributed by atoms with Crippen molar-refractivity contribution in [2.24, 2.45) is 0 Å². The zero-order valence-corrected chi connectivity index (χ0v) is 12.7. The van der Waals surface area contributed by atoms with Gasteiger partial charge in [-0.2, -0.15) is 0 Å². The maximum atomic E-state index is 5.91. The zero-order valence-electron chi connectivity index (χ0n) is 11.2. The second-order valence-electron chi connectivity index (χ2n) is 4.54. The fourth-order valence-corrected chi connectivity index (χ4v) is 2.95. The first kappa shape index (κ1) is 14.4. The third-order valence-electron chi connectivity index (χ3n) is 2.95. The molecule has 102 valence electrons. The van der Waals surface area contributed by atoms with Crippen LogP contribution in [0.3, 0.4) is 0 Å². The molecular formula is C15H18ClNOS. The highest BCUT2D eigenvalue weighted by Crippen LogP contribution is 2.21. The van der Waals surface area contributed by atoms with Gasteiger partial charge in [-0.3, -0.25) is 0 Å². The van der Waals surface area contributed by atoms with E-state index in [-0.39, 0.29) is 0 Å². The predicted octanol–water partition coefficient (Wildman–Crippen LogP) is 4.13. The number of thiophene rings is 1. The number of rotatable bonds is 6. The lowest BCUT2D eigenvalue weighted by Crippen LogP contribution is -2.27. The van der Waals surface area contributed by atoms with Crippen LogP contribution < -0.4 is 10.1 Å². The molecule has 0 radical (unpaired) electrons. The summed E-state index contributed by atoms with van der Waals surface area (Å²) in [5.74, 6) is 0.901. The van der Waals surface area contributed by atoms with Crippen molar-refractivity contribution in [3.8, 4) is 5.75 Å². The summed E-state index contributed by atoms with van der Waals surface area (Å²) < 4.78 is 6.00. The molecule has 2 nitrogen and oxygen atoms in total. The van der Waals surface area contributed by atoms with Crippen LogP contribution in [-0.2, 0) is 13.0 Å². The van der Waals surface area contributed by atoms with Crippen LogP contribution in [0.5, 0.6) is 5.75 Å². The molecule has 2 aromatic rings. The largest absolute Gasteiger partial charge is 0.497 e. The van der Waals surface area contributed by atoms with Crippen LogP contribution in [0.25, 0.3) is 0 Å². The van der Waals surface area contributed by atoms with E-state index in [1.54, 1.807) is 18.4 Å². The van der Waals surface area contributed by atoms with Crippen molar-refractivity contribution in [1.29, 1.82) is 0 Å². The highest BCUT2D eigenvalue weighted by Gasteiger charge is 2.05. The van der Waals surface area contributed by atoms with Crippen LogP contribution in [0.1, 0.15) is 17.4 Å². The Morgan fingerprint density at radius 2 is 1.95 bits per heavy atom. The predicted molar refractivity (Wildman–Crippen MR) is 82.3 cm³/mol. The van der Waals surface area contributed by atoms with Crippen molar-refractivity contribution in [1.82, 2.24) is 5.32 Å². The molecule has 1 unspecified atom stereocenters. The Balaban J connectivity index is 1.81. The molecule has 1 N–H and O–H groups in total. The van der Waals surface area contributed by atoms with Crippen LogP contribution in [0.2, 0.25) is 4.34 Å². The molecule has 0 spiro atoms. The quantitative estimate of drug-likeness (QED) is 0.865. The Hall–Kier alpha value is -1.03. The number of hydrogen-bond donors (Lipinski definition) is 1. The van der Waals surface area contributed by atoms with Gasteiger partial charge in [-0.1, -0.05) is 23.7 Å². The van der Waals surface area contributed by atoms with Crippen molar-refractivity contribution in [2.75, 3.05) is 7.11 Å². The first-order valence-corrected chi connectivity index (χ1v) is 7.47. The van der Waals surface area contributed by atoms with Gasteiger partial charge in [0.25, 0.3) is 0 Å². The van der Waals surface area contributed by atoms with Gasteiger partial charge in [0.1, 0.15) is 5.75 Å². The number of halogens is 1. The number of nitrogens with one attached hydrogen (secondary N) is 1. The highest BCUT2D eigenvalue weighted by atomic mass is 35.5. The maximum absolute atomic E-state index is 5.91. The summed E-state index contributed by atoms with van der Waals surface area (Å²) in [6, 6.07) is 12.7. The first-order valence-electron chi connectivity index (χ1n) is 6.28. The molecule has 0 fully saturated rings. The zero-order chi connectivity index (χ0) is 13.7. The fourth-order valence-electron chi connectivity index (χ4n) is 1.91. The number of hydrogen-bond acceptors (Lipinski definition) is 3. The average Bonchev–Trinajstić information content (AvgIpc) is 2.83. The van der Waals surface area contributed by atoms with Crippen LogP contribution in [0, 0.1) is 0 Å². The summed E-state index contributed by atoms with van der Waals surface area (Å²) >= 11 is 7.54. The van der Waals surface area contributed by atoms with Gasteiger partial charge in [-0.25, -0.2) is 0 Å². The van der Waals surface area contributed by atoms with Crippen LogP contribution >= 0.6 is 22.9 Å². The maximum Gasteiger partial charge on any atom is 0.118 e. The van der Waals surface area contributed by atoms with Crippen LogP contribution in [0.4, 0.5) is 0 Å². The van der Waals surface area contributed by atoms with Gasteiger partial charge in [0.05, 0.1) is 11.4 Å². The fraction of sp³-hybridized carbons (Fsp3) is 0.333. The Labute approximate surface area is 123 Å². The van der Waals surface area contributed by atoms with E-state index in [0.29, 0.717) is 6.04 Å². The van der Waals surface area contributed by atoms with Gasteiger partial charge in [0.2, 0.25) is 0 Å². The Kier molecular flexibility index (Phi) is 5.25. The smallest absolute Gasteiger partial charge is 0.118 e. The molecule has 4 heteroatoms. The lowest BCUT2D eigenvalue weighted by Gasteiger charge is -2.13. The SMILES string of the molecule is COc1ccc(CC(C)NCc2ccc(Cl)s2)cc1. The molecule has 2 rings (SSSR count). The molecule has 0 aliphatic heterocycles. The molecule has 0 saturated carbocycles. The molecule has 0 aliphatic rings. The molecule has 0 saturated heterocycles. The second kappa shape index (κ2) is 6.94. The van der Waals surface area contributed by atoms with Crippen molar-refractivity contribution in [2.45, 2.75) is 25.9 Å². The van der Waals surface area contributed by atoms with Gasteiger partial charge < -0.3 is 10.1 Å². The topological polar surface area (TPSA) is 21.3 Å². The van der Waals surface area contributed by atoms with Gasteiger partial charge in [0, 0.05) is 17.5 Å².